The summed E-state index contributed by atoms with van der Waals surface area (Å²) in [5.74, 6) is 0. The second-order valence-corrected chi connectivity index (χ2v) is 7.80. The zero-order valence-electron chi connectivity index (χ0n) is 13.1. The first-order valence-corrected chi connectivity index (χ1v) is 9.08. The number of sulfonamides is 1. The van der Waals surface area contributed by atoms with Crippen LogP contribution in [0.4, 0.5) is 0 Å². The summed E-state index contributed by atoms with van der Waals surface area (Å²) in [7, 11) is -3.54. The van der Waals surface area contributed by atoms with E-state index in [9.17, 15) is 8.42 Å². The van der Waals surface area contributed by atoms with E-state index in [0.717, 1.165) is 31.4 Å². The maximum absolute atomic E-state index is 12.8. The molecular weight excluding hydrogens is 288 g/mol. The van der Waals surface area contributed by atoms with Gasteiger partial charge in [0.15, 0.2) is 5.03 Å². The maximum Gasteiger partial charge on any atom is 0.262 e. The van der Waals surface area contributed by atoms with Gasteiger partial charge in [0.2, 0.25) is 0 Å². The van der Waals surface area contributed by atoms with Gasteiger partial charge in [-0.05, 0) is 25.2 Å². The summed E-state index contributed by atoms with van der Waals surface area (Å²) in [6.07, 6.45) is 4.04. The predicted molar refractivity (Wildman–Crippen MR) is 82.2 cm³/mol. The fourth-order valence-electron chi connectivity index (χ4n) is 3.16. The zero-order valence-corrected chi connectivity index (χ0v) is 14.0. The van der Waals surface area contributed by atoms with E-state index in [1.54, 1.807) is 11.2 Å². The molecule has 0 bridgehead atoms. The number of H-pyrrole nitrogens is 1. The molecule has 7 heteroatoms. The maximum atomic E-state index is 12.8. The highest BCUT2D eigenvalue weighted by Crippen LogP contribution is 2.39. The lowest BCUT2D eigenvalue weighted by Gasteiger charge is -2.40. The van der Waals surface area contributed by atoms with E-state index < -0.39 is 10.0 Å². The van der Waals surface area contributed by atoms with E-state index in [1.165, 1.54) is 0 Å². The van der Waals surface area contributed by atoms with Crippen molar-refractivity contribution >= 4 is 10.0 Å². The van der Waals surface area contributed by atoms with Crippen LogP contribution in [0.2, 0.25) is 0 Å². The molecule has 0 aliphatic carbocycles. The quantitative estimate of drug-likeness (QED) is 0.866. The molecule has 6 nitrogen and oxygen atoms in total. The number of aromatic amines is 1. The smallest absolute Gasteiger partial charge is 0.262 e. The second-order valence-electron chi connectivity index (χ2n) is 5.95. The third-order valence-electron chi connectivity index (χ3n) is 5.11. The van der Waals surface area contributed by atoms with Gasteiger partial charge in [-0.25, -0.2) is 8.42 Å². The molecule has 0 unspecified atom stereocenters. The van der Waals surface area contributed by atoms with Gasteiger partial charge in [0, 0.05) is 30.9 Å². The van der Waals surface area contributed by atoms with Crippen LogP contribution in [0.25, 0.3) is 0 Å². The first-order chi connectivity index (χ1) is 9.90. The molecule has 1 aromatic rings. The Morgan fingerprint density at radius 3 is 2.33 bits per heavy atom. The molecule has 0 aromatic carbocycles. The third-order valence-corrected chi connectivity index (χ3v) is 6.98. The van der Waals surface area contributed by atoms with Crippen molar-refractivity contribution in [1.82, 2.24) is 14.5 Å². The summed E-state index contributed by atoms with van der Waals surface area (Å²) in [5, 5.41) is 6.81. The molecule has 1 fully saturated rings. The van der Waals surface area contributed by atoms with Crippen LogP contribution in [0, 0.1) is 12.3 Å². The number of nitrogens with zero attached hydrogens (tertiary/aromatic N) is 2. The molecule has 1 saturated heterocycles. The molecule has 0 amide bonds. The third kappa shape index (κ3) is 2.86. The number of aryl methyl sites for hydroxylation is 1. The summed E-state index contributed by atoms with van der Waals surface area (Å²) in [5.41, 5.74) is 7.28. The predicted octanol–water partition coefficient (Wildman–Crippen LogP) is 1.77. The topological polar surface area (TPSA) is 92.1 Å². The van der Waals surface area contributed by atoms with E-state index in [2.05, 4.69) is 24.0 Å². The van der Waals surface area contributed by atoms with E-state index >= 15 is 0 Å². The molecule has 2 heterocycles. The van der Waals surface area contributed by atoms with Gasteiger partial charge in [0.1, 0.15) is 0 Å². The van der Waals surface area contributed by atoms with Crippen molar-refractivity contribution < 1.29 is 8.42 Å². The number of aromatic nitrogens is 2. The zero-order chi connectivity index (χ0) is 15.7. The van der Waals surface area contributed by atoms with Crippen LogP contribution in [0.15, 0.2) is 5.03 Å². The fraction of sp³-hybridized carbons (Fsp3) is 0.786. The average Bonchev–Trinajstić information content (AvgIpc) is 2.88. The minimum absolute atomic E-state index is 0.1000. The Kier molecular flexibility index (Phi) is 4.75. The average molecular weight is 314 g/mol. The first kappa shape index (κ1) is 16.5. The first-order valence-electron chi connectivity index (χ1n) is 7.64. The highest BCUT2D eigenvalue weighted by Gasteiger charge is 2.38. The van der Waals surface area contributed by atoms with Crippen LogP contribution in [-0.2, 0) is 16.6 Å². The van der Waals surface area contributed by atoms with Crippen LogP contribution >= 0.6 is 0 Å². The van der Waals surface area contributed by atoms with Crippen LogP contribution in [0.1, 0.15) is 50.8 Å². The largest absolute Gasteiger partial charge is 0.326 e. The van der Waals surface area contributed by atoms with Gasteiger partial charge in [-0.3, -0.25) is 5.10 Å². The van der Waals surface area contributed by atoms with Gasteiger partial charge < -0.3 is 5.73 Å². The molecule has 0 saturated carbocycles. The number of hydrogen-bond acceptors (Lipinski definition) is 4. The van der Waals surface area contributed by atoms with E-state index in [-0.39, 0.29) is 11.6 Å². The van der Waals surface area contributed by atoms with Gasteiger partial charge in [-0.1, -0.05) is 26.7 Å². The molecule has 0 radical (unpaired) electrons. The van der Waals surface area contributed by atoms with Crippen molar-refractivity contribution in [3.05, 3.63) is 11.3 Å². The van der Waals surface area contributed by atoms with Crippen LogP contribution in [0.3, 0.4) is 0 Å². The van der Waals surface area contributed by atoms with Crippen LogP contribution < -0.4 is 5.73 Å². The molecule has 0 spiro atoms. The van der Waals surface area contributed by atoms with Crippen molar-refractivity contribution in [3.8, 4) is 0 Å². The number of nitrogens with two attached hydrogens (primary N) is 1. The van der Waals surface area contributed by atoms with Gasteiger partial charge in [0.25, 0.3) is 10.0 Å². The Bertz CT molecular complexity index is 580. The molecule has 3 N–H and O–H groups in total. The SMILES string of the molecule is CCC1(CC)CCN(S(=O)(=O)c2n[nH]c(C)c2CN)CC1. The van der Waals surface area contributed by atoms with Gasteiger partial charge in [0.05, 0.1) is 0 Å². The van der Waals surface area contributed by atoms with Crippen molar-refractivity contribution in [2.45, 2.75) is 58.0 Å². The minimum Gasteiger partial charge on any atom is -0.326 e. The molecule has 1 aliphatic heterocycles. The number of piperidine rings is 1. The van der Waals surface area contributed by atoms with Crippen molar-refractivity contribution in [3.63, 3.8) is 0 Å². The van der Waals surface area contributed by atoms with Crippen LogP contribution in [0.5, 0.6) is 0 Å². The number of rotatable bonds is 5. The summed E-state index contributed by atoms with van der Waals surface area (Å²) in [6, 6.07) is 0. The highest BCUT2D eigenvalue weighted by molar-refractivity contribution is 7.89. The Morgan fingerprint density at radius 2 is 1.86 bits per heavy atom. The number of hydrogen-bond donors (Lipinski definition) is 2. The summed E-state index contributed by atoms with van der Waals surface area (Å²) in [4.78, 5) is 0. The van der Waals surface area contributed by atoms with E-state index in [1.807, 2.05) is 0 Å². The normalized spacial score (nSPS) is 19.8. The lowest BCUT2D eigenvalue weighted by Crippen LogP contribution is -2.43. The Balaban J connectivity index is 2.22. The second kappa shape index (κ2) is 6.06. The van der Waals surface area contributed by atoms with Gasteiger partial charge >= 0.3 is 0 Å². The molecule has 2 rings (SSSR count). The van der Waals surface area contributed by atoms with E-state index in [4.69, 9.17) is 5.73 Å². The summed E-state index contributed by atoms with van der Waals surface area (Å²) >= 11 is 0. The Hall–Kier alpha value is -0.920. The minimum atomic E-state index is -3.54. The molecule has 21 heavy (non-hydrogen) atoms. The molecule has 120 valence electrons. The van der Waals surface area contributed by atoms with E-state index in [0.29, 0.717) is 24.1 Å². The Morgan fingerprint density at radius 1 is 1.29 bits per heavy atom. The molecule has 1 aromatic heterocycles. The lowest BCUT2D eigenvalue weighted by molar-refractivity contribution is 0.141. The van der Waals surface area contributed by atoms with Gasteiger partial charge in [-0.2, -0.15) is 9.40 Å². The molecule has 0 atom stereocenters. The molecule has 1 aliphatic rings. The van der Waals surface area contributed by atoms with Crippen molar-refractivity contribution in [2.75, 3.05) is 13.1 Å². The fourth-order valence-corrected chi connectivity index (χ4v) is 4.78. The summed E-state index contributed by atoms with van der Waals surface area (Å²) < 4.78 is 27.1. The summed E-state index contributed by atoms with van der Waals surface area (Å²) in [6.45, 7) is 7.50. The number of nitrogens with one attached hydrogen (secondary N) is 1. The Labute approximate surface area is 127 Å². The van der Waals surface area contributed by atoms with Gasteiger partial charge in [-0.15, -0.1) is 0 Å². The lowest BCUT2D eigenvalue weighted by atomic mass is 9.75. The highest BCUT2D eigenvalue weighted by atomic mass is 32.2. The van der Waals surface area contributed by atoms with Crippen molar-refractivity contribution in [1.29, 1.82) is 0 Å². The van der Waals surface area contributed by atoms with Crippen molar-refractivity contribution in [2.24, 2.45) is 11.1 Å². The standard InChI is InChI=1S/C14H26N4O2S/c1-4-14(5-2)6-8-18(9-7-14)21(19,20)13-12(10-15)11(3)16-17-13/h4-10,15H2,1-3H3,(H,16,17). The van der Waals surface area contributed by atoms with Crippen LogP contribution in [-0.4, -0.2) is 36.0 Å². The monoisotopic (exact) mass is 314 g/mol. The molecular formula is C14H26N4O2S.